The first-order valence-corrected chi connectivity index (χ1v) is 8.51. The van der Waals surface area contributed by atoms with Crippen LogP contribution in [0.15, 0.2) is 60.7 Å². The van der Waals surface area contributed by atoms with Gasteiger partial charge in [-0.05, 0) is 30.7 Å². The maximum Gasteiger partial charge on any atom is 0.331 e. The molecular weight excluding hydrogens is 344 g/mol. The summed E-state index contributed by atoms with van der Waals surface area (Å²) in [5.74, 6) is -1.56. The summed E-state index contributed by atoms with van der Waals surface area (Å²) in [6.07, 6.45) is 2.91. The van der Waals surface area contributed by atoms with Crippen molar-refractivity contribution < 1.29 is 19.1 Å². The van der Waals surface area contributed by atoms with Gasteiger partial charge in [-0.25, -0.2) is 4.79 Å². The number of carbonyl (C=O) groups excluding carboxylic acids is 3. The van der Waals surface area contributed by atoms with Crippen LogP contribution in [0.2, 0.25) is 0 Å². The second-order valence-electron chi connectivity index (χ2n) is 5.95. The lowest BCUT2D eigenvalue weighted by Crippen LogP contribution is -2.37. The number of nitrogens with two attached hydrogens (primary N) is 1. The SMILES string of the molecule is Cc1ccc(/C=C/C(=O)OCC(=O)N(CCC(N)=O)c2ccccc2)cc1. The van der Waals surface area contributed by atoms with Crippen LogP contribution in [0.5, 0.6) is 0 Å². The Kier molecular flexibility index (Phi) is 7.31. The second-order valence-corrected chi connectivity index (χ2v) is 5.95. The Morgan fingerprint density at radius 2 is 1.70 bits per heavy atom. The average molecular weight is 366 g/mol. The van der Waals surface area contributed by atoms with Gasteiger partial charge in [-0.2, -0.15) is 0 Å². The third kappa shape index (κ3) is 6.78. The summed E-state index contributed by atoms with van der Waals surface area (Å²) >= 11 is 0. The molecule has 0 aromatic heterocycles. The predicted molar refractivity (Wildman–Crippen MR) is 104 cm³/mol. The predicted octanol–water partition coefficient (Wildman–Crippen LogP) is 2.46. The van der Waals surface area contributed by atoms with Gasteiger partial charge in [-0.15, -0.1) is 0 Å². The van der Waals surface area contributed by atoms with Crippen LogP contribution in [-0.2, 0) is 19.1 Å². The van der Waals surface area contributed by atoms with Crippen LogP contribution in [0.25, 0.3) is 6.08 Å². The Morgan fingerprint density at radius 1 is 1.04 bits per heavy atom. The van der Waals surface area contributed by atoms with Gasteiger partial charge in [0.25, 0.3) is 5.91 Å². The molecule has 6 heteroatoms. The van der Waals surface area contributed by atoms with Gasteiger partial charge >= 0.3 is 5.97 Å². The molecule has 0 spiro atoms. The molecule has 2 rings (SSSR count). The number of anilines is 1. The number of amides is 2. The molecule has 0 atom stereocenters. The van der Waals surface area contributed by atoms with Crippen LogP contribution >= 0.6 is 0 Å². The summed E-state index contributed by atoms with van der Waals surface area (Å²) in [5, 5.41) is 0. The third-order valence-corrected chi connectivity index (χ3v) is 3.78. The number of ether oxygens (including phenoxy) is 1. The molecule has 0 fully saturated rings. The van der Waals surface area contributed by atoms with Gasteiger partial charge in [0.1, 0.15) is 0 Å². The molecule has 6 nitrogen and oxygen atoms in total. The topological polar surface area (TPSA) is 89.7 Å². The van der Waals surface area contributed by atoms with E-state index in [0.29, 0.717) is 5.69 Å². The van der Waals surface area contributed by atoms with E-state index in [0.717, 1.165) is 11.1 Å². The minimum atomic E-state index is -0.619. The number of hydrogen-bond donors (Lipinski definition) is 1. The molecule has 0 aliphatic heterocycles. The summed E-state index contributed by atoms with van der Waals surface area (Å²) in [6, 6.07) is 16.5. The zero-order chi connectivity index (χ0) is 19.6. The molecule has 27 heavy (non-hydrogen) atoms. The molecule has 2 N–H and O–H groups in total. The first kappa shape index (κ1) is 19.9. The van der Waals surface area contributed by atoms with Gasteiger partial charge < -0.3 is 15.4 Å². The van der Waals surface area contributed by atoms with Crippen LogP contribution in [0.3, 0.4) is 0 Å². The highest BCUT2D eigenvalue weighted by Gasteiger charge is 2.17. The van der Waals surface area contributed by atoms with Gasteiger partial charge in [0, 0.05) is 24.7 Å². The summed E-state index contributed by atoms with van der Waals surface area (Å²) in [6.45, 7) is 1.67. The summed E-state index contributed by atoms with van der Waals surface area (Å²) in [7, 11) is 0. The van der Waals surface area contributed by atoms with E-state index in [9.17, 15) is 14.4 Å². The molecule has 2 aromatic rings. The number of nitrogens with zero attached hydrogens (tertiary/aromatic N) is 1. The molecule has 140 valence electrons. The van der Waals surface area contributed by atoms with Crippen molar-refractivity contribution in [2.45, 2.75) is 13.3 Å². The van der Waals surface area contributed by atoms with Crippen molar-refractivity contribution in [1.82, 2.24) is 0 Å². The zero-order valence-corrected chi connectivity index (χ0v) is 15.1. The number of para-hydroxylation sites is 1. The highest BCUT2D eigenvalue weighted by atomic mass is 16.5. The minimum Gasteiger partial charge on any atom is -0.452 e. The molecule has 2 aromatic carbocycles. The van der Waals surface area contributed by atoms with E-state index in [-0.39, 0.29) is 13.0 Å². The van der Waals surface area contributed by atoms with E-state index in [2.05, 4.69) is 0 Å². The standard InChI is InChI=1S/C21H22N2O4/c1-16-7-9-17(10-8-16)11-12-21(26)27-15-20(25)23(14-13-19(22)24)18-5-3-2-4-6-18/h2-12H,13-15H2,1H3,(H2,22,24)/b12-11+. The fourth-order valence-corrected chi connectivity index (χ4v) is 2.33. The fraction of sp³-hybridized carbons (Fsp3) is 0.190. The average Bonchev–Trinajstić information content (AvgIpc) is 2.66. The van der Waals surface area contributed by atoms with Crippen LogP contribution < -0.4 is 10.6 Å². The van der Waals surface area contributed by atoms with Crippen molar-refractivity contribution in [1.29, 1.82) is 0 Å². The van der Waals surface area contributed by atoms with E-state index in [1.165, 1.54) is 11.0 Å². The molecule has 0 aliphatic carbocycles. The monoisotopic (exact) mass is 366 g/mol. The number of rotatable bonds is 8. The van der Waals surface area contributed by atoms with Crippen LogP contribution in [-0.4, -0.2) is 30.9 Å². The summed E-state index contributed by atoms with van der Waals surface area (Å²) < 4.78 is 5.03. The smallest absolute Gasteiger partial charge is 0.331 e. The molecular formula is C21H22N2O4. The van der Waals surface area contributed by atoms with Crippen molar-refractivity contribution in [2.24, 2.45) is 5.73 Å². The molecule has 0 saturated heterocycles. The normalized spacial score (nSPS) is 10.6. The lowest BCUT2D eigenvalue weighted by atomic mass is 10.1. The van der Waals surface area contributed by atoms with Gasteiger partial charge in [0.05, 0.1) is 0 Å². The fourth-order valence-electron chi connectivity index (χ4n) is 2.33. The summed E-state index contributed by atoms with van der Waals surface area (Å²) in [5.41, 5.74) is 7.76. The number of aryl methyl sites for hydroxylation is 1. The number of esters is 1. The summed E-state index contributed by atoms with van der Waals surface area (Å²) in [4.78, 5) is 36.7. The van der Waals surface area contributed by atoms with Crippen molar-refractivity contribution in [2.75, 3.05) is 18.1 Å². The Balaban J connectivity index is 1.94. The van der Waals surface area contributed by atoms with E-state index in [1.54, 1.807) is 30.3 Å². The molecule has 0 bridgehead atoms. The van der Waals surface area contributed by atoms with Crippen molar-refractivity contribution >= 4 is 29.5 Å². The molecule has 0 aliphatic rings. The highest BCUT2D eigenvalue weighted by Crippen LogP contribution is 2.14. The number of benzene rings is 2. The molecule has 2 amide bonds. The van der Waals surface area contributed by atoms with Crippen molar-refractivity contribution in [3.63, 3.8) is 0 Å². The second kappa shape index (κ2) is 9.91. The van der Waals surface area contributed by atoms with E-state index in [4.69, 9.17) is 10.5 Å². The van der Waals surface area contributed by atoms with Gasteiger partial charge in [0.2, 0.25) is 5.91 Å². The lowest BCUT2D eigenvalue weighted by molar-refractivity contribution is -0.143. The minimum absolute atomic E-state index is 0.0158. The number of hydrogen-bond acceptors (Lipinski definition) is 4. The first-order chi connectivity index (χ1) is 13.0. The lowest BCUT2D eigenvalue weighted by Gasteiger charge is -2.22. The Bertz CT molecular complexity index is 814. The van der Waals surface area contributed by atoms with E-state index >= 15 is 0 Å². The van der Waals surface area contributed by atoms with E-state index < -0.39 is 24.4 Å². The van der Waals surface area contributed by atoms with Gasteiger partial charge in [0.15, 0.2) is 6.61 Å². The molecule has 0 saturated carbocycles. The Labute approximate surface area is 158 Å². The maximum atomic E-state index is 12.4. The molecule has 0 heterocycles. The van der Waals surface area contributed by atoms with E-state index in [1.807, 2.05) is 37.3 Å². The van der Waals surface area contributed by atoms with Crippen LogP contribution in [0.4, 0.5) is 5.69 Å². The quantitative estimate of drug-likeness (QED) is 0.574. The number of carbonyl (C=O) groups is 3. The van der Waals surface area contributed by atoms with Crippen molar-refractivity contribution in [3.8, 4) is 0 Å². The Morgan fingerprint density at radius 3 is 2.33 bits per heavy atom. The van der Waals surface area contributed by atoms with Gasteiger partial charge in [-0.1, -0.05) is 48.0 Å². The van der Waals surface area contributed by atoms with Crippen LogP contribution in [0, 0.1) is 6.92 Å². The molecule has 0 unspecified atom stereocenters. The van der Waals surface area contributed by atoms with Crippen molar-refractivity contribution in [3.05, 3.63) is 71.8 Å². The molecule has 0 radical (unpaired) electrons. The zero-order valence-electron chi connectivity index (χ0n) is 15.1. The number of primary amides is 1. The third-order valence-electron chi connectivity index (χ3n) is 3.78. The Hall–Kier alpha value is -3.41. The largest absolute Gasteiger partial charge is 0.452 e. The highest BCUT2D eigenvalue weighted by molar-refractivity contribution is 5.97. The van der Waals surface area contributed by atoms with Gasteiger partial charge in [-0.3, -0.25) is 9.59 Å². The first-order valence-electron chi connectivity index (χ1n) is 8.51. The van der Waals surface area contributed by atoms with Crippen LogP contribution in [0.1, 0.15) is 17.5 Å². The maximum absolute atomic E-state index is 12.4.